The van der Waals surface area contributed by atoms with Crippen LogP contribution in [-0.4, -0.2) is 26.0 Å². The number of benzene rings is 3. The van der Waals surface area contributed by atoms with Gasteiger partial charge in [0.1, 0.15) is 11.6 Å². The number of amides is 1. The van der Waals surface area contributed by atoms with Crippen LogP contribution < -0.4 is 9.62 Å². The molecule has 1 aliphatic heterocycles. The normalized spacial score (nSPS) is 18.2. The van der Waals surface area contributed by atoms with E-state index in [1.807, 2.05) is 12.1 Å². The number of phenolic OH excluding ortho intramolecular Hbond substituents is 1. The van der Waals surface area contributed by atoms with Gasteiger partial charge < -0.3 is 10.0 Å². The van der Waals surface area contributed by atoms with E-state index in [9.17, 15) is 22.7 Å². The highest BCUT2D eigenvalue weighted by Crippen LogP contribution is 2.45. The third-order valence-electron chi connectivity index (χ3n) is 6.57. The lowest BCUT2D eigenvalue weighted by atomic mass is 9.79. The number of carbonyl (C=O) groups excluding carboxylic acids is 1. The van der Waals surface area contributed by atoms with Gasteiger partial charge in [-0.2, -0.15) is 0 Å². The molecule has 1 saturated heterocycles. The molecule has 0 saturated carbocycles. The highest BCUT2D eigenvalue weighted by molar-refractivity contribution is 7.89. The monoisotopic (exact) mass is 510 g/mol. The van der Waals surface area contributed by atoms with Gasteiger partial charge in [-0.05, 0) is 77.9 Å². The van der Waals surface area contributed by atoms with Crippen LogP contribution in [0.5, 0.6) is 5.75 Å². The van der Waals surface area contributed by atoms with E-state index >= 15 is 0 Å². The number of β-lactam (4-membered cyclic amide) rings is 1. The number of nitrogens with one attached hydrogen (secondary N) is 1. The molecule has 0 aliphatic carbocycles. The van der Waals surface area contributed by atoms with Gasteiger partial charge in [0, 0.05) is 12.2 Å². The summed E-state index contributed by atoms with van der Waals surface area (Å²) in [6.07, 6.45) is 0.953. The summed E-state index contributed by atoms with van der Waals surface area (Å²) in [7, 11) is -3.66. The Kier molecular flexibility index (Phi) is 7.20. The molecule has 2 N–H and O–H groups in total. The number of sulfonamides is 1. The first-order valence-corrected chi connectivity index (χ1v) is 13.4. The third-order valence-corrected chi connectivity index (χ3v) is 8.04. The molecule has 6 nitrogen and oxygen atoms in total. The fourth-order valence-electron chi connectivity index (χ4n) is 4.52. The van der Waals surface area contributed by atoms with E-state index in [4.69, 9.17) is 0 Å². The topological polar surface area (TPSA) is 86.7 Å². The predicted molar refractivity (Wildman–Crippen MR) is 138 cm³/mol. The predicted octanol–water partition coefficient (Wildman–Crippen LogP) is 5.29. The number of aromatic hydroxyl groups is 1. The molecular weight excluding hydrogens is 479 g/mol. The molecule has 0 radical (unpaired) electrons. The number of carbonyl (C=O) groups is 1. The fourth-order valence-corrected chi connectivity index (χ4v) is 5.59. The number of phenols is 1. The Balaban J connectivity index is 1.42. The zero-order chi connectivity index (χ0) is 26.1. The summed E-state index contributed by atoms with van der Waals surface area (Å²) in [6, 6.07) is 19.0. The van der Waals surface area contributed by atoms with Gasteiger partial charge in [-0.1, -0.05) is 45.0 Å². The minimum absolute atomic E-state index is 0.0686. The third kappa shape index (κ3) is 5.44. The lowest BCUT2D eigenvalue weighted by molar-refractivity contribution is -0.130. The van der Waals surface area contributed by atoms with E-state index in [0.717, 1.165) is 11.1 Å². The van der Waals surface area contributed by atoms with Crippen LogP contribution in [0.1, 0.15) is 50.8 Å². The lowest BCUT2D eigenvalue weighted by Crippen LogP contribution is -2.55. The van der Waals surface area contributed by atoms with Crippen molar-refractivity contribution in [3.05, 3.63) is 89.7 Å². The molecule has 1 amide bonds. The number of anilines is 1. The summed E-state index contributed by atoms with van der Waals surface area (Å²) in [6.45, 7) is 6.41. The van der Waals surface area contributed by atoms with Crippen molar-refractivity contribution in [3.8, 4) is 5.75 Å². The molecule has 4 rings (SSSR count). The maximum atomic E-state index is 13.4. The first-order chi connectivity index (χ1) is 17.0. The molecule has 1 heterocycles. The molecule has 0 unspecified atom stereocenters. The quantitative estimate of drug-likeness (QED) is 0.318. The van der Waals surface area contributed by atoms with Gasteiger partial charge in [-0.15, -0.1) is 0 Å². The first-order valence-electron chi connectivity index (χ1n) is 12.0. The Morgan fingerprint density at radius 2 is 1.56 bits per heavy atom. The van der Waals surface area contributed by atoms with Gasteiger partial charge in [-0.3, -0.25) is 4.79 Å². The Hall–Kier alpha value is -3.23. The maximum Gasteiger partial charge on any atom is 0.240 e. The Labute approximate surface area is 211 Å². The van der Waals surface area contributed by atoms with E-state index < -0.39 is 10.0 Å². The number of nitrogens with zero attached hydrogens (tertiary/aromatic N) is 1. The minimum atomic E-state index is -3.66. The zero-order valence-corrected chi connectivity index (χ0v) is 21.4. The molecule has 36 heavy (non-hydrogen) atoms. The number of rotatable bonds is 8. The van der Waals surface area contributed by atoms with Crippen molar-refractivity contribution in [2.75, 3.05) is 11.4 Å². The van der Waals surface area contributed by atoms with Crippen LogP contribution >= 0.6 is 0 Å². The number of hydrogen-bond acceptors (Lipinski definition) is 4. The van der Waals surface area contributed by atoms with Crippen LogP contribution in [0, 0.1) is 11.7 Å². The van der Waals surface area contributed by atoms with Crippen LogP contribution in [0.2, 0.25) is 0 Å². The van der Waals surface area contributed by atoms with Crippen LogP contribution in [0.3, 0.4) is 0 Å². The summed E-state index contributed by atoms with van der Waals surface area (Å²) in [5.74, 6) is -0.709. The molecule has 190 valence electrons. The van der Waals surface area contributed by atoms with Crippen LogP contribution in [0.15, 0.2) is 77.7 Å². The SMILES string of the molecule is CC(C)(C)c1ccc(S(=O)(=O)NCCC[C@H]2C(=O)N(c3ccc(F)cc3)[C@@H]2c2ccc(O)cc2)cc1. The lowest BCUT2D eigenvalue weighted by Gasteiger charge is -2.47. The molecule has 3 aromatic rings. The van der Waals surface area contributed by atoms with E-state index in [-0.39, 0.29) is 46.3 Å². The van der Waals surface area contributed by atoms with Crippen LogP contribution in [0.25, 0.3) is 0 Å². The number of halogens is 1. The molecular formula is C28H31FN2O4S. The van der Waals surface area contributed by atoms with Gasteiger partial charge in [0.2, 0.25) is 15.9 Å². The molecule has 0 aromatic heterocycles. The molecule has 1 fully saturated rings. The van der Waals surface area contributed by atoms with Crippen molar-refractivity contribution < 1.29 is 22.7 Å². The smallest absolute Gasteiger partial charge is 0.240 e. The summed E-state index contributed by atoms with van der Waals surface area (Å²) in [4.78, 5) is 14.9. The van der Waals surface area contributed by atoms with Crippen LogP contribution in [0.4, 0.5) is 10.1 Å². The van der Waals surface area contributed by atoms with Gasteiger partial charge in [0.25, 0.3) is 0 Å². The Morgan fingerprint density at radius 1 is 0.944 bits per heavy atom. The standard InChI is InChI=1S/C28H31FN2O4S/c1-28(2,3)20-8-16-24(17-9-20)36(34,35)30-18-4-5-25-26(19-6-14-23(32)15-7-19)31(27(25)33)22-12-10-21(29)11-13-22/h6-17,25-26,30,32H,4-5,18H2,1-3H3/t25-,26-/m1/s1. The Bertz CT molecular complexity index is 1320. The van der Waals surface area contributed by atoms with Crippen molar-refractivity contribution in [3.63, 3.8) is 0 Å². The van der Waals surface area contributed by atoms with Crippen LogP contribution in [-0.2, 0) is 20.2 Å². The summed E-state index contributed by atoms with van der Waals surface area (Å²) in [5, 5.41) is 9.67. The van der Waals surface area contributed by atoms with E-state index in [2.05, 4.69) is 25.5 Å². The average molecular weight is 511 g/mol. The summed E-state index contributed by atoms with van der Waals surface area (Å²) < 4.78 is 41.5. The molecule has 8 heteroatoms. The maximum absolute atomic E-state index is 13.4. The van der Waals surface area contributed by atoms with Crippen molar-refractivity contribution in [1.29, 1.82) is 0 Å². The highest BCUT2D eigenvalue weighted by atomic mass is 32.2. The van der Waals surface area contributed by atoms with Crippen molar-refractivity contribution in [2.45, 2.75) is 50.0 Å². The van der Waals surface area contributed by atoms with E-state index in [0.29, 0.717) is 18.5 Å². The summed E-state index contributed by atoms with van der Waals surface area (Å²) in [5.41, 5.74) is 2.42. The fraction of sp³-hybridized carbons (Fsp3) is 0.321. The highest BCUT2D eigenvalue weighted by Gasteiger charge is 2.48. The van der Waals surface area contributed by atoms with Crippen molar-refractivity contribution >= 4 is 21.6 Å². The Morgan fingerprint density at radius 3 is 2.14 bits per heavy atom. The van der Waals surface area contributed by atoms with E-state index in [1.54, 1.807) is 53.4 Å². The molecule has 0 bridgehead atoms. The zero-order valence-electron chi connectivity index (χ0n) is 20.6. The average Bonchev–Trinajstić information content (AvgIpc) is 2.83. The molecule has 1 aliphatic rings. The molecule has 3 aromatic carbocycles. The second kappa shape index (κ2) is 10.0. The van der Waals surface area contributed by atoms with Crippen molar-refractivity contribution in [1.82, 2.24) is 4.72 Å². The second-order valence-electron chi connectivity index (χ2n) is 10.1. The van der Waals surface area contributed by atoms with Crippen molar-refractivity contribution in [2.24, 2.45) is 5.92 Å². The first kappa shape index (κ1) is 25.9. The minimum Gasteiger partial charge on any atom is -0.508 e. The number of hydrogen-bond donors (Lipinski definition) is 2. The van der Waals surface area contributed by atoms with E-state index in [1.165, 1.54) is 12.1 Å². The van der Waals surface area contributed by atoms with Gasteiger partial charge in [-0.25, -0.2) is 17.5 Å². The molecule has 0 spiro atoms. The molecule has 2 atom stereocenters. The van der Waals surface area contributed by atoms with Gasteiger partial charge in [0.05, 0.1) is 16.9 Å². The van der Waals surface area contributed by atoms with Gasteiger partial charge in [0.15, 0.2) is 0 Å². The summed E-state index contributed by atoms with van der Waals surface area (Å²) >= 11 is 0. The largest absolute Gasteiger partial charge is 0.508 e. The second-order valence-corrected chi connectivity index (χ2v) is 11.9. The van der Waals surface area contributed by atoms with Gasteiger partial charge >= 0.3 is 0 Å².